The first-order valence-corrected chi connectivity index (χ1v) is 15.4. The first-order chi connectivity index (χ1) is 22.1. The molecule has 2 aliphatic rings. The fraction of sp³-hybridized carbons (Fsp3) is 0.250. The maximum absolute atomic E-state index is 13.2. The second-order valence-corrected chi connectivity index (χ2v) is 11.5. The zero-order valence-electron chi connectivity index (χ0n) is 24.9. The van der Waals surface area contributed by atoms with E-state index in [0.717, 1.165) is 61.1 Å². The minimum absolute atomic E-state index is 0.113. The molecule has 1 unspecified atom stereocenters. The van der Waals surface area contributed by atoms with Crippen LogP contribution < -0.4 is 20.7 Å². The second kappa shape index (κ2) is 12.8. The van der Waals surface area contributed by atoms with E-state index in [9.17, 15) is 10.1 Å². The third-order valence-corrected chi connectivity index (χ3v) is 8.35. The van der Waals surface area contributed by atoms with Crippen LogP contribution in [0, 0.1) is 11.3 Å². The molecule has 1 atom stereocenters. The summed E-state index contributed by atoms with van der Waals surface area (Å²) in [7, 11) is 0. The number of fused-ring (bicyclic) bond motifs is 2. The quantitative estimate of drug-likeness (QED) is 0.181. The van der Waals surface area contributed by atoms with Crippen LogP contribution in [-0.2, 0) is 16.1 Å². The molecule has 0 bridgehead atoms. The molecule has 2 aliphatic heterocycles. The number of ether oxygens (including phenoxy) is 2. The zero-order chi connectivity index (χ0) is 30.6. The number of nitrogens with one attached hydrogen (secondary N) is 3. The Morgan fingerprint density at radius 3 is 2.80 bits per heavy atom. The molecule has 2 fully saturated rings. The topological polar surface area (TPSA) is 113 Å². The van der Waals surface area contributed by atoms with Gasteiger partial charge in [-0.1, -0.05) is 35.9 Å². The Bertz CT molecular complexity index is 1930. The summed E-state index contributed by atoms with van der Waals surface area (Å²) in [5.74, 6) is 0.322. The highest BCUT2D eigenvalue weighted by Gasteiger charge is 2.22. The predicted octanol–water partition coefficient (Wildman–Crippen LogP) is 6.27. The van der Waals surface area contributed by atoms with Gasteiger partial charge in [-0.15, -0.1) is 0 Å². The number of amides is 1. The molecule has 226 valence electrons. The maximum Gasteiger partial charge on any atom is 0.248 e. The number of nitriles is 1. The standard InChI is InChI=1S/C36H34N6O3/c37-20-27-21-39-31-19-34(45-29-11-15-44-23-29)32(41-35(43)16-24-8-12-38-13-9-24)18-30(31)36(27)40-28-6-7-33-26(17-28)10-14-42(33)22-25-4-2-1-3-5-25/h1-7,10,14,16-19,21,29,38H,8-9,11-13,15,22-23H2,(H,39,40)(H,41,43). The number of hydrogen-bond acceptors (Lipinski definition) is 7. The average Bonchev–Trinajstić information content (AvgIpc) is 3.72. The third-order valence-electron chi connectivity index (χ3n) is 8.35. The number of benzene rings is 3. The maximum atomic E-state index is 13.2. The molecular weight excluding hydrogens is 564 g/mol. The lowest BCUT2D eigenvalue weighted by Gasteiger charge is -2.19. The number of carbonyl (C=O) groups is 1. The first-order valence-electron chi connectivity index (χ1n) is 15.4. The first kappa shape index (κ1) is 28.6. The number of carbonyl (C=O) groups excluding carboxylic acids is 1. The van der Waals surface area contributed by atoms with Crippen molar-refractivity contribution in [1.29, 1.82) is 5.26 Å². The van der Waals surface area contributed by atoms with Crippen LogP contribution in [0.5, 0.6) is 5.75 Å². The van der Waals surface area contributed by atoms with Gasteiger partial charge in [0.05, 0.1) is 35.7 Å². The van der Waals surface area contributed by atoms with Gasteiger partial charge >= 0.3 is 0 Å². The molecule has 0 radical (unpaired) electrons. The highest BCUT2D eigenvalue weighted by molar-refractivity contribution is 6.05. The molecular formula is C36H34N6O3. The number of hydrogen-bond donors (Lipinski definition) is 3. The third kappa shape index (κ3) is 6.38. The Hall–Kier alpha value is -5.17. The van der Waals surface area contributed by atoms with Crippen molar-refractivity contribution in [2.75, 3.05) is 36.9 Å². The summed E-state index contributed by atoms with van der Waals surface area (Å²) in [6.45, 7) is 3.65. The molecule has 1 amide bonds. The molecule has 45 heavy (non-hydrogen) atoms. The molecule has 3 N–H and O–H groups in total. The lowest BCUT2D eigenvalue weighted by Crippen LogP contribution is -2.24. The number of nitrogens with zero attached hydrogens (tertiary/aromatic N) is 3. The van der Waals surface area contributed by atoms with Gasteiger partial charge in [0.2, 0.25) is 5.91 Å². The summed E-state index contributed by atoms with van der Waals surface area (Å²) >= 11 is 0. The molecule has 0 saturated carbocycles. The molecule has 9 nitrogen and oxygen atoms in total. The SMILES string of the molecule is N#Cc1cnc2cc(OC3CCOC3)c(NC(=O)C=C3CCNCC3)cc2c1Nc1ccc2c(ccn2Cc2ccccc2)c1. The van der Waals surface area contributed by atoms with Crippen LogP contribution in [0.3, 0.4) is 0 Å². The number of piperidine rings is 1. The summed E-state index contributed by atoms with van der Waals surface area (Å²) in [4.78, 5) is 17.8. The van der Waals surface area contributed by atoms with Crippen molar-refractivity contribution < 1.29 is 14.3 Å². The van der Waals surface area contributed by atoms with E-state index in [0.29, 0.717) is 46.8 Å². The van der Waals surface area contributed by atoms with Crippen LogP contribution >= 0.6 is 0 Å². The van der Waals surface area contributed by atoms with Gasteiger partial charge in [0.25, 0.3) is 0 Å². The lowest BCUT2D eigenvalue weighted by atomic mass is 10.0. The molecule has 4 heterocycles. The number of anilines is 3. The molecule has 2 aromatic heterocycles. The van der Waals surface area contributed by atoms with Crippen LogP contribution in [0.2, 0.25) is 0 Å². The summed E-state index contributed by atoms with van der Waals surface area (Å²) in [6.07, 6.45) is 7.70. The van der Waals surface area contributed by atoms with Crippen molar-refractivity contribution in [2.24, 2.45) is 0 Å². The van der Waals surface area contributed by atoms with E-state index in [1.165, 1.54) is 5.56 Å². The van der Waals surface area contributed by atoms with Crippen LogP contribution in [0.25, 0.3) is 21.8 Å². The summed E-state index contributed by atoms with van der Waals surface area (Å²) in [5.41, 5.74) is 6.50. The Labute approximate surface area is 261 Å². The van der Waals surface area contributed by atoms with Crippen molar-refractivity contribution in [2.45, 2.75) is 31.9 Å². The normalized spacial score (nSPS) is 16.4. The van der Waals surface area contributed by atoms with Crippen LogP contribution in [0.15, 0.2) is 90.8 Å². The highest BCUT2D eigenvalue weighted by Crippen LogP contribution is 2.37. The Kier molecular flexibility index (Phi) is 8.15. The van der Waals surface area contributed by atoms with Crippen molar-refractivity contribution in [3.05, 3.63) is 102 Å². The zero-order valence-corrected chi connectivity index (χ0v) is 24.9. The monoisotopic (exact) mass is 598 g/mol. The van der Waals surface area contributed by atoms with E-state index in [2.05, 4.69) is 80.2 Å². The average molecular weight is 599 g/mol. The molecule has 5 aromatic rings. The molecule has 3 aromatic carbocycles. The van der Waals surface area contributed by atoms with Crippen LogP contribution in [0.1, 0.15) is 30.4 Å². The van der Waals surface area contributed by atoms with Crippen LogP contribution in [0.4, 0.5) is 17.1 Å². The van der Waals surface area contributed by atoms with Gasteiger partial charge in [-0.25, -0.2) is 0 Å². The van der Waals surface area contributed by atoms with E-state index in [-0.39, 0.29) is 12.0 Å². The summed E-state index contributed by atoms with van der Waals surface area (Å²) in [6, 6.07) is 24.6. The van der Waals surface area contributed by atoms with Crippen molar-refractivity contribution in [3.63, 3.8) is 0 Å². The number of rotatable bonds is 8. The molecule has 7 rings (SSSR count). The Balaban J connectivity index is 1.23. The smallest absolute Gasteiger partial charge is 0.248 e. The Morgan fingerprint density at radius 1 is 1.13 bits per heavy atom. The van der Waals surface area contributed by atoms with Gasteiger partial charge in [-0.2, -0.15) is 5.26 Å². The van der Waals surface area contributed by atoms with Gasteiger partial charge in [-0.3, -0.25) is 9.78 Å². The van der Waals surface area contributed by atoms with Crippen molar-refractivity contribution in [3.8, 4) is 11.8 Å². The lowest BCUT2D eigenvalue weighted by molar-refractivity contribution is -0.112. The van der Waals surface area contributed by atoms with Crippen LogP contribution in [-0.4, -0.2) is 47.9 Å². The van der Waals surface area contributed by atoms with Gasteiger partial charge in [0.1, 0.15) is 17.9 Å². The van der Waals surface area contributed by atoms with E-state index in [4.69, 9.17) is 9.47 Å². The summed E-state index contributed by atoms with van der Waals surface area (Å²) < 4.78 is 14.1. The van der Waals surface area contributed by atoms with Gasteiger partial charge in [0, 0.05) is 59.5 Å². The summed E-state index contributed by atoms with van der Waals surface area (Å²) in [5, 5.41) is 21.7. The highest BCUT2D eigenvalue weighted by atomic mass is 16.5. The molecule has 0 aliphatic carbocycles. The number of pyridine rings is 1. The fourth-order valence-corrected chi connectivity index (χ4v) is 6.01. The largest absolute Gasteiger partial charge is 0.486 e. The minimum atomic E-state index is -0.205. The van der Waals surface area contributed by atoms with E-state index in [1.807, 2.05) is 24.3 Å². The molecule has 9 heteroatoms. The fourth-order valence-electron chi connectivity index (χ4n) is 6.01. The van der Waals surface area contributed by atoms with Gasteiger partial charge in [-0.05, 0) is 61.8 Å². The van der Waals surface area contributed by atoms with Gasteiger partial charge in [0.15, 0.2) is 0 Å². The van der Waals surface area contributed by atoms with Crippen molar-refractivity contribution >= 4 is 44.8 Å². The van der Waals surface area contributed by atoms with E-state index < -0.39 is 0 Å². The molecule has 2 saturated heterocycles. The minimum Gasteiger partial charge on any atom is -0.486 e. The molecule has 0 spiro atoms. The van der Waals surface area contributed by atoms with Gasteiger partial charge < -0.3 is 30.0 Å². The Morgan fingerprint density at radius 2 is 2.00 bits per heavy atom. The van der Waals surface area contributed by atoms with E-state index in [1.54, 1.807) is 12.3 Å². The second-order valence-electron chi connectivity index (χ2n) is 11.5. The van der Waals surface area contributed by atoms with Crippen molar-refractivity contribution in [1.82, 2.24) is 14.9 Å². The number of aromatic nitrogens is 2. The van der Waals surface area contributed by atoms with E-state index >= 15 is 0 Å². The predicted molar refractivity (Wildman–Crippen MR) is 176 cm³/mol.